The molecule has 0 aromatic carbocycles. The number of rotatable bonds is 14. The third kappa shape index (κ3) is 11.9. The summed E-state index contributed by atoms with van der Waals surface area (Å²) >= 11 is 0. The first-order valence-corrected chi connectivity index (χ1v) is 11.4. The van der Waals surface area contributed by atoms with Gasteiger partial charge in [0.15, 0.2) is 18.5 Å². The van der Waals surface area contributed by atoms with Crippen molar-refractivity contribution < 1.29 is 57.6 Å². The van der Waals surface area contributed by atoms with Gasteiger partial charge in [-0.1, -0.05) is 0 Å². The summed E-state index contributed by atoms with van der Waals surface area (Å²) in [5.41, 5.74) is 0. The summed E-state index contributed by atoms with van der Waals surface area (Å²) in [5.74, 6) is -3.82. The van der Waals surface area contributed by atoms with Crippen LogP contribution < -0.4 is 10.6 Å². The van der Waals surface area contributed by atoms with Crippen LogP contribution in [-0.2, 0) is 52.5 Å². The molecule has 0 aromatic heterocycles. The Morgan fingerprint density at radius 1 is 0.861 bits per heavy atom. The maximum Gasteiger partial charge on any atom is 0.303 e. The lowest BCUT2D eigenvalue weighted by atomic mass is 9.96. The van der Waals surface area contributed by atoms with Crippen molar-refractivity contribution in [1.82, 2.24) is 10.6 Å². The van der Waals surface area contributed by atoms with Gasteiger partial charge in [-0.2, -0.15) is 0 Å². The van der Waals surface area contributed by atoms with Gasteiger partial charge in [-0.15, -0.1) is 0 Å². The van der Waals surface area contributed by atoms with E-state index in [1.165, 1.54) is 13.8 Å². The second-order valence-corrected chi connectivity index (χ2v) is 8.04. The summed E-state index contributed by atoms with van der Waals surface area (Å²) < 4.78 is 27.3. The molecule has 1 aliphatic rings. The summed E-state index contributed by atoms with van der Waals surface area (Å²) in [5, 5.41) is 13.8. The predicted octanol–water partition coefficient (Wildman–Crippen LogP) is -0.580. The normalized spacial score (nSPS) is 23.2. The van der Waals surface area contributed by atoms with Crippen LogP contribution in [0.5, 0.6) is 0 Å². The SMILES string of the molecule is CC(=O)NC1[C@H](OCCCC(=O)NCCCC(=O)O)OC(COC(C)=O)[C@H](OC(C)=O)[C@@H]1OC(C)=O. The highest BCUT2D eigenvalue weighted by Gasteiger charge is 2.51. The largest absolute Gasteiger partial charge is 0.481 e. The molecule has 1 rings (SSSR count). The number of carbonyl (C=O) groups is 6. The summed E-state index contributed by atoms with van der Waals surface area (Å²) in [6, 6.07) is -1.09. The molecule has 3 N–H and O–H groups in total. The van der Waals surface area contributed by atoms with Crippen molar-refractivity contribution in [2.45, 2.75) is 84.0 Å². The Kier molecular flexibility index (Phi) is 13.4. The standard InChI is InChI=1S/C22H34N2O12/c1-12(25)24-19-21(35-15(4)28)20(34-14(3)27)16(11-33-13(2)26)36-22(19)32-10-6-7-17(29)23-9-5-8-18(30)31/h16,19-22H,5-11H2,1-4H3,(H,23,29)(H,24,25)(H,30,31)/t16?,19?,20-,21+,22+/m0/s1. The fraction of sp³-hybridized carbons (Fsp3) is 0.727. The number of aliphatic carboxylic acids is 1. The van der Waals surface area contributed by atoms with Crippen molar-refractivity contribution in [2.75, 3.05) is 19.8 Å². The predicted molar refractivity (Wildman–Crippen MR) is 119 cm³/mol. The number of hydrogen-bond donors (Lipinski definition) is 3. The Labute approximate surface area is 208 Å². The van der Waals surface area contributed by atoms with E-state index in [2.05, 4.69) is 10.6 Å². The maximum absolute atomic E-state index is 11.9. The lowest BCUT2D eigenvalue weighted by Crippen LogP contribution is -2.66. The molecule has 1 heterocycles. The molecule has 0 aliphatic carbocycles. The third-order valence-electron chi connectivity index (χ3n) is 4.79. The van der Waals surface area contributed by atoms with Crippen LogP contribution in [0, 0.1) is 0 Å². The lowest BCUT2D eigenvalue weighted by Gasteiger charge is -2.44. The van der Waals surface area contributed by atoms with Crippen LogP contribution in [0.1, 0.15) is 53.4 Å². The van der Waals surface area contributed by atoms with Gasteiger partial charge in [0.05, 0.1) is 6.61 Å². The van der Waals surface area contributed by atoms with Crippen LogP contribution in [0.4, 0.5) is 0 Å². The number of carbonyl (C=O) groups excluding carboxylic acids is 5. The number of carboxylic acids is 1. The molecule has 1 fully saturated rings. The molecule has 0 aromatic rings. The molecule has 14 nitrogen and oxygen atoms in total. The van der Waals surface area contributed by atoms with Crippen molar-refractivity contribution in [3.63, 3.8) is 0 Å². The Bertz CT molecular complexity index is 802. The zero-order valence-corrected chi connectivity index (χ0v) is 20.8. The summed E-state index contributed by atoms with van der Waals surface area (Å²) in [7, 11) is 0. The van der Waals surface area contributed by atoms with E-state index >= 15 is 0 Å². The number of esters is 3. The molecule has 2 unspecified atom stereocenters. The Morgan fingerprint density at radius 2 is 1.50 bits per heavy atom. The third-order valence-corrected chi connectivity index (χ3v) is 4.79. The highest BCUT2D eigenvalue weighted by atomic mass is 16.7. The van der Waals surface area contributed by atoms with Gasteiger partial charge in [0.1, 0.15) is 18.8 Å². The number of hydrogen-bond acceptors (Lipinski definition) is 11. The van der Waals surface area contributed by atoms with Gasteiger partial charge < -0.3 is 39.4 Å². The second kappa shape index (κ2) is 15.7. The highest BCUT2D eigenvalue weighted by Crippen LogP contribution is 2.28. The lowest BCUT2D eigenvalue weighted by molar-refractivity contribution is -0.277. The quantitative estimate of drug-likeness (QED) is 0.151. The smallest absolute Gasteiger partial charge is 0.303 e. The molecule has 204 valence electrons. The van der Waals surface area contributed by atoms with Gasteiger partial charge in [0.25, 0.3) is 0 Å². The Hall–Kier alpha value is -3.26. The summed E-state index contributed by atoms with van der Waals surface area (Å²) in [6.07, 6.45) is -4.18. The van der Waals surface area contributed by atoms with Crippen LogP contribution >= 0.6 is 0 Å². The summed E-state index contributed by atoms with van der Waals surface area (Å²) in [4.78, 5) is 69.2. The molecule has 1 aliphatic heterocycles. The van der Waals surface area contributed by atoms with Crippen LogP contribution in [-0.4, -0.2) is 91.2 Å². The van der Waals surface area contributed by atoms with E-state index in [0.717, 1.165) is 13.8 Å². The van der Waals surface area contributed by atoms with E-state index in [1.54, 1.807) is 0 Å². The zero-order valence-electron chi connectivity index (χ0n) is 20.8. The number of ether oxygens (including phenoxy) is 5. The average molecular weight is 519 g/mol. The van der Waals surface area contributed by atoms with Gasteiger partial charge in [-0.25, -0.2) is 0 Å². The van der Waals surface area contributed by atoms with Gasteiger partial charge in [0.2, 0.25) is 11.8 Å². The van der Waals surface area contributed by atoms with Gasteiger partial charge in [0, 0.05) is 47.1 Å². The Balaban J connectivity index is 2.91. The first kappa shape index (κ1) is 30.8. The first-order valence-electron chi connectivity index (χ1n) is 11.4. The van der Waals surface area contributed by atoms with Crippen molar-refractivity contribution in [3.8, 4) is 0 Å². The van der Waals surface area contributed by atoms with Gasteiger partial charge in [-0.05, 0) is 12.8 Å². The minimum atomic E-state index is -1.23. The minimum Gasteiger partial charge on any atom is -0.481 e. The van der Waals surface area contributed by atoms with Crippen molar-refractivity contribution in [1.29, 1.82) is 0 Å². The van der Waals surface area contributed by atoms with E-state index in [4.69, 9.17) is 28.8 Å². The highest BCUT2D eigenvalue weighted by molar-refractivity contribution is 5.76. The fourth-order valence-corrected chi connectivity index (χ4v) is 3.42. The minimum absolute atomic E-state index is 0.00535. The van der Waals surface area contributed by atoms with Crippen LogP contribution in [0.15, 0.2) is 0 Å². The molecule has 0 saturated carbocycles. The van der Waals surface area contributed by atoms with E-state index in [9.17, 15) is 28.8 Å². The molecule has 0 radical (unpaired) electrons. The number of carboxylic acid groups (broad SMARTS) is 1. The molecule has 2 amide bonds. The van der Waals surface area contributed by atoms with Crippen LogP contribution in [0.25, 0.3) is 0 Å². The molecule has 14 heteroatoms. The van der Waals surface area contributed by atoms with Gasteiger partial charge in [-0.3, -0.25) is 28.8 Å². The molecule has 36 heavy (non-hydrogen) atoms. The summed E-state index contributed by atoms with van der Waals surface area (Å²) in [6.45, 7) is 4.54. The molecule has 5 atom stereocenters. The molecule has 0 bridgehead atoms. The van der Waals surface area contributed by atoms with Crippen molar-refractivity contribution in [3.05, 3.63) is 0 Å². The van der Waals surface area contributed by atoms with E-state index < -0.39 is 60.4 Å². The number of amides is 2. The Morgan fingerprint density at radius 3 is 2.06 bits per heavy atom. The van der Waals surface area contributed by atoms with E-state index in [1.807, 2.05) is 0 Å². The topological polar surface area (TPSA) is 193 Å². The van der Waals surface area contributed by atoms with E-state index in [0.29, 0.717) is 6.42 Å². The monoisotopic (exact) mass is 518 g/mol. The fourth-order valence-electron chi connectivity index (χ4n) is 3.42. The molecular weight excluding hydrogens is 484 g/mol. The van der Waals surface area contributed by atoms with Crippen LogP contribution in [0.3, 0.4) is 0 Å². The van der Waals surface area contributed by atoms with Crippen molar-refractivity contribution in [2.24, 2.45) is 0 Å². The van der Waals surface area contributed by atoms with Crippen LogP contribution in [0.2, 0.25) is 0 Å². The van der Waals surface area contributed by atoms with Gasteiger partial charge >= 0.3 is 23.9 Å². The van der Waals surface area contributed by atoms with Crippen molar-refractivity contribution >= 4 is 35.7 Å². The first-order chi connectivity index (χ1) is 16.9. The maximum atomic E-state index is 11.9. The zero-order chi connectivity index (χ0) is 27.3. The molecule has 0 spiro atoms. The molecule has 1 saturated heterocycles. The second-order valence-electron chi connectivity index (χ2n) is 8.04. The molecular formula is C22H34N2O12. The van der Waals surface area contributed by atoms with E-state index in [-0.39, 0.29) is 44.9 Å². The number of nitrogens with one attached hydrogen (secondary N) is 2. The average Bonchev–Trinajstić information content (AvgIpc) is 2.75.